The van der Waals surface area contributed by atoms with E-state index in [4.69, 9.17) is 0 Å². The van der Waals surface area contributed by atoms with Crippen molar-refractivity contribution < 1.29 is 4.79 Å². The molecule has 2 fully saturated rings. The van der Waals surface area contributed by atoms with Gasteiger partial charge in [0.1, 0.15) is 5.78 Å². The highest BCUT2D eigenvalue weighted by Crippen LogP contribution is 2.32. The van der Waals surface area contributed by atoms with Gasteiger partial charge in [-0.2, -0.15) is 0 Å². The minimum atomic E-state index is 0.326. The second kappa shape index (κ2) is 4.95. The van der Waals surface area contributed by atoms with E-state index >= 15 is 0 Å². The molecule has 0 amide bonds. The van der Waals surface area contributed by atoms with Gasteiger partial charge in [-0.05, 0) is 25.2 Å². The topological polar surface area (TPSA) is 17.1 Å². The van der Waals surface area contributed by atoms with Gasteiger partial charge in [-0.15, -0.1) is 0 Å². The molecule has 0 bridgehead atoms. The predicted octanol–water partition coefficient (Wildman–Crippen LogP) is 3.53. The first-order chi connectivity index (χ1) is 6.86. The lowest BCUT2D eigenvalue weighted by molar-refractivity contribution is -0.123. The lowest BCUT2D eigenvalue weighted by Crippen LogP contribution is -2.23. The second-order valence-corrected chi connectivity index (χ2v) is 4.91. The quantitative estimate of drug-likeness (QED) is 0.655. The molecule has 0 aromatic heterocycles. The van der Waals surface area contributed by atoms with Crippen LogP contribution in [0.3, 0.4) is 0 Å². The van der Waals surface area contributed by atoms with Gasteiger partial charge in [-0.25, -0.2) is 0 Å². The third kappa shape index (κ3) is 2.59. The summed E-state index contributed by atoms with van der Waals surface area (Å²) in [5.41, 5.74) is 0. The Kier molecular flexibility index (Phi) is 3.61. The van der Waals surface area contributed by atoms with Crippen molar-refractivity contribution in [1.29, 1.82) is 0 Å². The smallest absolute Gasteiger partial charge is 0.136 e. The number of hydrogen-bond donors (Lipinski definition) is 0. The van der Waals surface area contributed by atoms with Crippen molar-refractivity contribution in [2.45, 2.75) is 57.8 Å². The molecule has 0 aliphatic heterocycles. The fourth-order valence-electron chi connectivity index (χ4n) is 2.87. The maximum absolute atomic E-state index is 11.6. The summed E-state index contributed by atoms with van der Waals surface area (Å²) in [6.07, 6.45) is 13.6. The van der Waals surface area contributed by atoms with E-state index in [2.05, 4.69) is 6.42 Å². The first-order valence-corrected chi connectivity index (χ1v) is 6.24. The Morgan fingerprint density at radius 1 is 0.929 bits per heavy atom. The fraction of sp³-hybridized carbons (Fsp3) is 0.846. The Balaban J connectivity index is 1.79. The van der Waals surface area contributed by atoms with Gasteiger partial charge < -0.3 is 0 Å². The summed E-state index contributed by atoms with van der Waals surface area (Å²) in [4.78, 5) is 11.6. The Labute approximate surface area is 87.3 Å². The average Bonchev–Trinajstić information content (AvgIpc) is 2.23. The van der Waals surface area contributed by atoms with Crippen LogP contribution in [0.2, 0.25) is 0 Å². The molecule has 14 heavy (non-hydrogen) atoms. The molecular formula is C13H21O. The van der Waals surface area contributed by atoms with E-state index in [9.17, 15) is 4.79 Å². The van der Waals surface area contributed by atoms with E-state index in [0.717, 1.165) is 25.2 Å². The van der Waals surface area contributed by atoms with Gasteiger partial charge in [0.25, 0.3) is 0 Å². The van der Waals surface area contributed by atoms with Crippen LogP contribution in [0.5, 0.6) is 0 Å². The first-order valence-electron chi connectivity index (χ1n) is 6.24. The van der Waals surface area contributed by atoms with E-state index in [1.165, 1.54) is 38.5 Å². The molecule has 2 rings (SSSR count). The lowest BCUT2D eigenvalue weighted by Gasteiger charge is -2.27. The van der Waals surface area contributed by atoms with E-state index in [0.29, 0.717) is 11.7 Å². The van der Waals surface area contributed by atoms with Crippen molar-refractivity contribution in [3.05, 3.63) is 6.42 Å². The normalized spacial score (nSPS) is 30.6. The molecule has 0 saturated heterocycles. The van der Waals surface area contributed by atoms with Crippen LogP contribution >= 0.6 is 0 Å². The molecular weight excluding hydrogens is 172 g/mol. The Morgan fingerprint density at radius 2 is 1.64 bits per heavy atom. The van der Waals surface area contributed by atoms with Crippen LogP contribution in [0, 0.1) is 18.3 Å². The van der Waals surface area contributed by atoms with E-state index in [-0.39, 0.29) is 0 Å². The number of carbonyl (C=O) groups is 1. The first kappa shape index (κ1) is 10.2. The van der Waals surface area contributed by atoms with Crippen LogP contribution < -0.4 is 0 Å². The number of rotatable bonds is 2. The molecule has 1 heteroatoms. The van der Waals surface area contributed by atoms with Crippen LogP contribution in [0.25, 0.3) is 0 Å². The van der Waals surface area contributed by atoms with Crippen LogP contribution in [-0.2, 0) is 4.79 Å². The van der Waals surface area contributed by atoms with Crippen molar-refractivity contribution in [1.82, 2.24) is 0 Å². The molecule has 0 N–H and O–H groups in total. The monoisotopic (exact) mass is 193 g/mol. The van der Waals surface area contributed by atoms with Crippen LogP contribution in [0.1, 0.15) is 57.8 Å². The fourth-order valence-corrected chi connectivity index (χ4v) is 2.87. The molecule has 2 aliphatic carbocycles. The SMILES string of the molecule is O=C1CCCCC1[CH]C1CCCCC1. The third-order valence-corrected chi connectivity index (χ3v) is 3.76. The van der Waals surface area contributed by atoms with Crippen LogP contribution in [-0.4, -0.2) is 5.78 Å². The van der Waals surface area contributed by atoms with E-state index < -0.39 is 0 Å². The van der Waals surface area contributed by atoms with Gasteiger partial charge >= 0.3 is 0 Å². The Hall–Kier alpha value is -0.330. The van der Waals surface area contributed by atoms with Gasteiger partial charge in [0.15, 0.2) is 0 Å². The minimum absolute atomic E-state index is 0.326. The maximum atomic E-state index is 11.6. The molecule has 0 aromatic rings. The second-order valence-electron chi connectivity index (χ2n) is 4.91. The number of Topliss-reactive ketones (excluding diaryl/α,β-unsaturated/α-hetero) is 1. The zero-order valence-corrected chi connectivity index (χ0v) is 9.00. The summed E-state index contributed by atoms with van der Waals surface area (Å²) < 4.78 is 0. The van der Waals surface area contributed by atoms with Gasteiger partial charge in [0, 0.05) is 12.3 Å². The molecule has 1 radical (unpaired) electrons. The number of carbonyl (C=O) groups excluding carboxylic acids is 1. The molecule has 0 spiro atoms. The highest BCUT2D eigenvalue weighted by molar-refractivity contribution is 5.82. The zero-order valence-electron chi connectivity index (χ0n) is 9.00. The molecule has 1 atom stereocenters. The molecule has 0 aromatic carbocycles. The largest absolute Gasteiger partial charge is 0.299 e. The maximum Gasteiger partial charge on any atom is 0.136 e. The van der Waals surface area contributed by atoms with Crippen molar-refractivity contribution in [3.8, 4) is 0 Å². The average molecular weight is 193 g/mol. The van der Waals surface area contributed by atoms with Gasteiger partial charge in [-0.3, -0.25) is 4.79 Å². The van der Waals surface area contributed by atoms with Gasteiger partial charge in [0.05, 0.1) is 0 Å². The minimum Gasteiger partial charge on any atom is -0.299 e. The number of hydrogen-bond acceptors (Lipinski definition) is 1. The third-order valence-electron chi connectivity index (χ3n) is 3.76. The van der Waals surface area contributed by atoms with E-state index in [1.807, 2.05) is 0 Å². The van der Waals surface area contributed by atoms with Crippen molar-refractivity contribution in [2.24, 2.45) is 11.8 Å². The molecule has 1 nitrogen and oxygen atoms in total. The highest BCUT2D eigenvalue weighted by Gasteiger charge is 2.26. The molecule has 79 valence electrons. The zero-order chi connectivity index (χ0) is 9.80. The lowest BCUT2D eigenvalue weighted by atomic mass is 9.77. The molecule has 0 heterocycles. The summed E-state index contributed by atoms with van der Waals surface area (Å²) in [5.74, 6) is 1.60. The summed E-state index contributed by atoms with van der Waals surface area (Å²) in [5, 5.41) is 0. The Morgan fingerprint density at radius 3 is 2.36 bits per heavy atom. The standard InChI is InChI=1S/C13H21O/c14-13-9-5-4-8-12(13)10-11-6-2-1-3-7-11/h10-12H,1-9H2. The molecule has 1 unspecified atom stereocenters. The summed E-state index contributed by atoms with van der Waals surface area (Å²) in [6.45, 7) is 0. The van der Waals surface area contributed by atoms with Crippen molar-refractivity contribution >= 4 is 5.78 Å². The highest BCUT2D eigenvalue weighted by atomic mass is 16.1. The predicted molar refractivity (Wildman–Crippen MR) is 57.8 cm³/mol. The molecule has 2 saturated carbocycles. The Bertz CT molecular complexity index is 191. The van der Waals surface area contributed by atoms with Crippen molar-refractivity contribution in [2.75, 3.05) is 0 Å². The summed E-state index contributed by atoms with van der Waals surface area (Å²) >= 11 is 0. The van der Waals surface area contributed by atoms with Crippen LogP contribution in [0.4, 0.5) is 0 Å². The van der Waals surface area contributed by atoms with E-state index in [1.54, 1.807) is 0 Å². The van der Waals surface area contributed by atoms with Crippen molar-refractivity contribution in [3.63, 3.8) is 0 Å². The number of ketones is 1. The molecule has 2 aliphatic rings. The summed E-state index contributed by atoms with van der Waals surface area (Å²) in [6, 6.07) is 0. The summed E-state index contributed by atoms with van der Waals surface area (Å²) in [7, 11) is 0. The van der Waals surface area contributed by atoms with Gasteiger partial charge in [0.2, 0.25) is 0 Å². The van der Waals surface area contributed by atoms with Gasteiger partial charge in [-0.1, -0.05) is 38.5 Å². The van der Waals surface area contributed by atoms with Crippen LogP contribution in [0.15, 0.2) is 0 Å².